The molecular formula is C14H18F2N2O2. The van der Waals surface area contributed by atoms with Crippen LogP contribution in [-0.4, -0.2) is 24.2 Å². The highest BCUT2D eigenvalue weighted by Crippen LogP contribution is 2.24. The first-order valence-corrected chi connectivity index (χ1v) is 6.48. The summed E-state index contributed by atoms with van der Waals surface area (Å²) in [4.78, 5) is 12.1. The maximum Gasteiger partial charge on any atom is 0.253 e. The molecule has 1 aliphatic heterocycles. The number of nitrogens with one attached hydrogen (secondary N) is 1. The number of benzene rings is 1. The van der Waals surface area contributed by atoms with Gasteiger partial charge in [0.25, 0.3) is 5.91 Å². The summed E-state index contributed by atoms with van der Waals surface area (Å²) in [5, 5.41) is 2.79. The van der Waals surface area contributed by atoms with Gasteiger partial charge in [-0.2, -0.15) is 0 Å². The lowest BCUT2D eigenvalue weighted by atomic mass is 9.93. The lowest BCUT2D eigenvalue weighted by Gasteiger charge is -2.35. The number of hydrogen-bond donors (Lipinski definition) is 2. The highest BCUT2D eigenvalue weighted by atomic mass is 19.2. The first kappa shape index (κ1) is 14.7. The topological polar surface area (TPSA) is 64.4 Å². The van der Waals surface area contributed by atoms with Gasteiger partial charge >= 0.3 is 0 Å². The van der Waals surface area contributed by atoms with Gasteiger partial charge in [0.2, 0.25) is 0 Å². The second-order valence-electron chi connectivity index (χ2n) is 5.62. The molecule has 0 radical (unpaired) electrons. The maximum absolute atomic E-state index is 13.2. The van der Waals surface area contributed by atoms with Crippen LogP contribution in [0.5, 0.6) is 0 Å². The van der Waals surface area contributed by atoms with E-state index in [9.17, 15) is 13.6 Å². The van der Waals surface area contributed by atoms with Gasteiger partial charge in [0, 0.05) is 24.4 Å². The van der Waals surface area contributed by atoms with Crippen LogP contribution in [0.4, 0.5) is 14.5 Å². The normalized spacial score (nSPS) is 21.5. The van der Waals surface area contributed by atoms with E-state index in [0.717, 1.165) is 12.1 Å². The van der Waals surface area contributed by atoms with Gasteiger partial charge in [-0.1, -0.05) is 0 Å². The van der Waals surface area contributed by atoms with E-state index >= 15 is 0 Å². The molecule has 4 nitrogen and oxygen atoms in total. The Labute approximate surface area is 116 Å². The largest absolute Gasteiger partial charge is 0.398 e. The summed E-state index contributed by atoms with van der Waals surface area (Å²) in [6.45, 7) is 4.43. The van der Waals surface area contributed by atoms with E-state index in [4.69, 9.17) is 10.5 Å². The first-order chi connectivity index (χ1) is 9.28. The molecular weight excluding hydrogens is 266 g/mol. The average molecular weight is 284 g/mol. The number of halogens is 2. The third kappa shape index (κ3) is 3.25. The molecule has 1 unspecified atom stereocenters. The van der Waals surface area contributed by atoms with Gasteiger partial charge < -0.3 is 15.8 Å². The Bertz CT molecular complexity index is 532. The van der Waals surface area contributed by atoms with Crippen LogP contribution in [0, 0.1) is 11.6 Å². The summed E-state index contributed by atoms with van der Waals surface area (Å²) in [6.07, 6.45) is 1.33. The maximum atomic E-state index is 13.2. The Kier molecular flexibility index (Phi) is 3.94. The van der Waals surface area contributed by atoms with Crippen LogP contribution in [0.3, 0.4) is 0 Å². The molecule has 2 rings (SSSR count). The summed E-state index contributed by atoms with van der Waals surface area (Å²) < 4.78 is 31.7. The van der Waals surface area contributed by atoms with Crippen molar-refractivity contribution in [1.82, 2.24) is 5.32 Å². The molecule has 1 saturated heterocycles. The van der Waals surface area contributed by atoms with Crippen LogP contribution in [0.15, 0.2) is 12.1 Å². The van der Waals surface area contributed by atoms with Crippen LogP contribution < -0.4 is 11.1 Å². The predicted octanol–water partition coefficient (Wildman–Crippen LogP) is 2.23. The monoisotopic (exact) mass is 284 g/mol. The molecule has 3 N–H and O–H groups in total. The van der Waals surface area contributed by atoms with Crippen LogP contribution in [0.25, 0.3) is 0 Å². The predicted molar refractivity (Wildman–Crippen MR) is 71.3 cm³/mol. The standard InChI is InChI=1S/C14H18F2N2O2/c1-14(2)7-8(3-4-20-14)18-13(19)9-5-10(15)11(16)6-12(9)17/h5-6,8H,3-4,7,17H2,1-2H3,(H,18,19). The summed E-state index contributed by atoms with van der Waals surface area (Å²) in [7, 11) is 0. The van der Waals surface area contributed by atoms with Crippen LogP contribution in [0.1, 0.15) is 37.0 Å². The lowest BCUT2D eigenvalue weighted by Crippen LogP contribution is -2.45. The molecule has 110 valence electrons. The molecule has 1 atom stereocenters. The summed E-state index contributed by atoms with van der Waals surface area (Å²) in [5.41, 5.74) is 5.12. The number of amides is 1. The molecule has 0 bridgehead atoms. The van der Waals surface area contributed by atoms with E-state index in [-0.39, 0.29) is 22.9 Å². The Morgan fingerprint density at radius 2 is 2.05 bits per heavy atom. The van der Waals surface area contributed by atoms with Gasteiger partial charge in [0.1, 0.15) is 0 Å². The van der Waals surface area contributed by atoms with Crippen LogP contribution in [0.2, 0.25) is 0 Å². The lowest BCUT2D eigenvalue weighted by molar-refractivity contribution is -0.0615. The minimum Gasteiger partial charge on any atom is -0.398 e. The zero-order valence-corrected chi connectivity index (χ0v) is 11.5. The van der Waals surface area contributed by atoms with E-state index in [1.54, 1.807) is 0 Å². The van der Waals surface area contributed by atoms with Gasteiger partial charge in [0.15, 0.2) is 11.6 Å². The quantitative estimate of drug-likeness (QED) is 0.819. The molecule has 0 saturated carbocycles. The summed E-state index contributed by atoms with van der Waals surface area (Å²) >= 11 is 0. The minimum absolute atomic E-state index is 0.0480. The highest BCUT2D eigenvalue weighted by Gasteiger charge is 2.30. The third-order valence-corrected chi connectivity index (χ3v) is 3.37. The summed E-state index contributed by atoms with van der Waals surface area (Å²) in [5.74, 6) is -2.65. The second-order valence-corrected chi connectivity index (χ2v) is 5.62. The van der Waals surface area contributed by atoms with E-state index in [0.29, 0.717) is 19.4 Å². The zero-order valence-electron chi connectivity index (χ0n) is 11.5. The number of nitrogens with two attached hydrogens (primary N) is 1. The number of ether oxygens (including phenoxy) is 1. The molecule has 1 aromatic rings. The molecule has 0 aromatic heterocycles. The SMILES string of the molecule is CC1(C)CC(NC(=O)c2cc(F)c(F)cc2N)CCO1. The Morgan fingerprint density at radius 3 is 2.70 bits per heavy atom. The van der Waals surface area contributed by atoms with E-state index < -0.39 is 17.5 Å². The molecule has 0 aliphatic carbocycles. The van der Waals surface area contributed by atoms with Crippen molar-refractivity contribution in [3.05, 3.63) is 29.3 Å². The molecule has 1 aliphatic rings. The van der Waals surface area contributed by atoms with Crippen LogP contribution in [-0.2, 0) is 4.74 Å². The Hall–Kier alpha value is -1.69. The molecule has 1 aromatic carbocycles. The Balaban J connectivity index is 2.11. The number of rotatable bonds is 2. The van der Waals surface area contributed by atoms with Crippen molar-refractivity contribution in [3.63, 3.8) is 0 Å². The van der Waals surface area contributed by atoms with E-state index in [2.05, 4.69) is 5.32 Å². The zero-order chi connectivity index (χ0) is 14.9. The van der Waals surface area contributed by atoms with Crippen molar-refractivity contribution < 1.29 is 18.3 Å². The number of carbonyl (C=O) groups excluding carboxylic acids is 1. The van der Waals surface area contributed by atoms with E-state index in [1.165, 1.54) is 0 Å². The fourth-order valence-corrected chi connectivity index (χ4v) is 2.38. The van der Waals surface area contributed by atoms with Crippen molar-refractivity contribution in [3.8, 4) is 0 Å². The Morgan fingerprint density at radius 1 is 1.40 bits per heavy atom. The highest BCUT2D eigenvalue weighted by molar-refractivity contribution is 5.99. The average Bonchev–Trinajstić information content (AvgIpc) is 2.32. The van der Waals surface area contributed by atoms with Gasteiger partial charge in [-0.05, 0) is 32.8 Å². The molecule has 6 heteroatoms. The first-order valence-electron chi connectivity index (χ1n) is 6.48. The van der Waals surface area contributed by atoms with Crippen molar-refractivity contribution in [2.75, 3.05) is 12.3 Å². The van der Waals surface area contributed by atoms with Gasteiger partial charge in [-0.25, -0.2) is 8.78 Å². The van der Waals surface area contributed by atoms with Crippen molar-refractivity contribution in [1.29, 1.82) is 0 Å². The van der Waals surface area contributed by atoms with Crippen LogP contribution >= 0.6 is 0 Å². The third-order valence-electron chi connectivity index (χ3n) is 3.37. The van der Waals surface area contributed by atoms with Gasteiger partial charge in [0.05, 0.1) is 11.2 Å². The van der Waals surface area contributed by atoms with Gasteiger partial charge in [-0.3, -0.25) is 4.79 Å². The fourth-order valence-electron chi connectivity index (χ4n) is 2.38. The second kappa shape index (κ2) is 5.36. The number of nitrogen functional groups attached to an aromatic ring is 1. The summed E-state index contributed by atoms with van der Waals surface area (Å²) in [6, 6.07) is 1.57. The molecule has 0 spiro atoms. The smallest absolute Gasteiger partial charge is 0.253 e. The van der Waals surface area contributed by atoms with E-state index in [1.807, 2.05) is 13.8 Å². The number of carbonyl (C=O) groups is 1. The fraction of sp³-hybridized carbons (Fsp3) is 0.500. The van der Waals surface area contributed by atoms with Crippen molar-refractivity contribution >= 4 is 11.6 Å². The molecule has 1 amide bonds. The molecule has 1 heterocycles. The van der Waals surface area contributed by atoms with Gasteiger partial charge in [-0.15, -0.1) is 0 Å². The minimum atomic E-state index is -1.09. The molecule has 20 heavy (non-hydrogen) atoms. The van der Waals surface area contributed by atoms with Crippen molar-refractivity contribution in [2.45, 2.75) is 38.3 Å². The number of anilines is 1. The van der Waals surface area contributed by atoms with Crippen molar-refractivity contribution in [2.24, 2.45) is 0 Å². The number of hydrogen-bond acceptors (Lipinski definition) is 3. The molecule has 1 fully saturated rings.